The molecule has 0 saturated carbocycles. The number of hydrogen-bond acceptors (Lipinski definition) is 5. The fraction of sp³-hybridized carbons (Fsp3) is 0.887. The molecular weight excluding hydrogens is 717 g/mol. The third-order valence-corrected chi connectivity index (χ3v) is 11.5. The maximum Gasteiger partial charge on any atom is 0.306 e. The number of carbonyl (C=O) groups excluding carboxylic acids is 2. The summed E-state index contributed by atoms with van der Waals surface area (Å²) in [7, 11) is 0. The van der Waals surface area contributed by atoms with E-state index < -0.39 is 6.10 Å². The second-order valence-corrected chi connectivity index (χ2v) is 17.4. The van der Waals surface area contributed by atoms with Gasteiger partial charge in [0.2, 0.25) is 0 Å². The molecule has 0 radical (unpaired) electrons. The smallest absolute Gasteiger partial charge is 0.306 e. The van der Waals surface area contributed by atoms with Gasteiger partial charge in [0.15, 0.2) is 6.10 Å². The molecule has 1 unspecified atom stereocenters. The van der Waals surface area contributed by atoms with Crippen LogP contribution in [-0.2, 0) is 23.8 Å². The van der Waals surface area contributed by atoms with E-state index in [9.17, 15) is 9.59 Å². The van der Waals surface area contributed by atoms with Crippen molar-refractivity contribution in [3.8, 4) is 0 Å². The lowest BCUT2D eigenvalue weighted by Crippen LogP contribution is -2.30. The van der Waals surface area contributed by atoms with Crippen LogP contribution in [0.2, 0.25) is 0 Å². The highest BCUT2D eigenvalue weighted by molar-refractivity contribution is 5.70. The first-order valence-corrected chi connectivity index (χ1v) is 25.9. The lowest BCUT2D eigenvalue weighted by molar-refractivity contribution is -0.163. The van der Waals surface area contributed by atoms with Gasteiger partial charge in [-0.3, -0.25) is 9.59 Å². The summed E-state index contributed by atoms with van der Waals surface area (Å²) in [6, 6.07) is 0. The lowest BCUT2D eigenvalue weighted by Gasteiger charge is -2.18. The van der Waals surface area contributed by atoms with E-state index in [1.807, 2.05) is 0 Å². The van der Waals surface area contributed by atoms with Gasteiger partial charge in [0.25, 0.3) is 0 Å². The minimum atomic E-state index is -0.534. The van der Waals surface area contributed by atoms with E-state index in [0.29, 0.717) is 19.4 Å². The van der Waals surface area contributed by atoms with Crippen LogP contribution >= 0.6 is 0 Å². The van der Waals surface area contributed by atoms with Crippen molar-refractivity contribution in [2.24, 2.45) is 0 Å². The molecule has 0 aromatic rings. The quantitative estimate of drug-likeness (QED) is 0.0348. The van der Waals surface area contributed by atoms with Gasteiger partial charge < -0.3 is 14.2 Å². The SMILES string of the molecule is CCC/C=C\C/C=C\CCCCCCCC(=O)OC(COCCCCCCCCCCCCCC)COC(=O)CCCCCCCCCCCCCCCCCCC. The molecule has 0 aliphatic rings. The highest BCUT2D eigenvalue weighted by Crippen LogP contribution is 2.16. The van der Waals surface area contributed by atoms with Crippen LogP contribution in [0.25, 0.3) is 0 Å². The van der Waals surface area contributed by atoms with Gasteiger partial charge in [0, 0.05) is 19.4 Å². The Hall–Kier alpha value is -1.62. The van der Waals surface area contributed by atoms with Crippen LogP contribution in [0.15, 0.2) is 24.3 Å². The van der Waals surface area contributed by atoms with Crippen molar-refractivity contribution in [1.82, 2.24) is 0 Å². The highest BCUT2D eigenvalue weighted by atomic mass is 16.6. The molecule has 0 bridgehead atoms. The van der Waals surface area contributed by atoms with E-state index in [-0.39, 0.29) is 25.2 Å². The Bertz CT molecular complexity index is 882. The Morgan fingerprint density at radius 2 is 0.759 bits per heavy atom. The molecule has 0 spiro atoms. The van der Waals surface area contributed by atoms with Gasteiger partial charge in [-0.05, 0) is 44.9 Å². The summed E-state index contributed by atoms with van der Waals surface area (Å²) in [6.07, 6.45) is 57.5. The van der Waals surface area contributed by atoms with E-state index in [4.69, 9.17) is 14.2 Å². The summed E-state index contributed by atoms with van der Waals surface area (Å²) < 4.78 is 17.4. The Morgan fingerprint density at radius 1 is 0.379 bits per heavy atom. The van der Waals surface area contributed by atoms with Crippen molar-refractivity contribution >= 4 is 11.9 Å². The fourth-order valence-electron chi connectivity index (χ4n) is 7.61. The predicted octanol–water partition coefficient (Wildman–Crippen LogP) is 17.2. The second-order valence-electron chi connectivity index (χ2n) is 17.4. The van der Waals surface area contributed by atoms with Crippen molar-refractivity contribution < 1.29 is 23.8 Å². The zero-order chi connectivity index (χ0) is 42.1. The van der Waals surface area contributed by atoms with E-state index in [1.54, 1.807) is 0 Å². The topological polar surface area (TPSA) is 61.8 Å². The Labute approximate surface area is 362 Å². The van der Waals surface area contributed by atoms with Crippen LogP contribution in [0.3, 0.4) is 0 Å². The van der Waals surface area contributed by atoms with Crippen molar-refractivity contribution in [1.29, 1.82) is 0 Å². The Balaban J connectivity index is 4.20. The van der Waals surface area contributed by atoms with Crippen molar-refractivity contribution in [3.63, 3.8) is 0 Å². The summed E-state index contributed by atoms with van der Waals surface area (Å²) in [4.78, 5) is 25.4. The van der Waals surface area contributed by atoms with Gasteiger partial charge in [0.1, 0.15) is 6.61 Å². The first kappa shape index (κ1) is 56.4. The Kier molecular flexibility index (Phi) is 48.4. The zero-order valence-corrected chi connectivity index (χ0v) is 39.3. The van der Waals surface area contributed by atoms with E-state index in [0.717, 1.165) is 51.4 Å². The van der Waals surface area contributed by atoms with Crippen molar-refractivity contribution in [3.05, 3.63) is 24.3 Å². The Morgan fingerprint density at radius 3 is 1.21 bits per heavy atom. The van der Waals surface area contributed by atoms with Gasteiger partial charge in [-0.25, -0.2) is 0 Å². The van der Waals surface area contributed by atoms with Crippen LogP contribution < -0.4 is 0 Å². The molecule has 0 aliphatic heterocycles. The van der Waals surface area contributed by atoms with E-state index in [1.165, 1.54) is 193 Å². The number of esters is 2. The molecule has 342 valence electrons. The van der Waals surface area contributed by atoms with Crippen LogP contribution in [0.5, 0.6) is 0 Å². The fourth-order valence-corrected chi connectivity index (χ4v) is 7.61. The average Bonchev–Trinajstić information content (AvgIpc) is 3.22. The maximum atomic E-state index is 12.8. The third kappa shape index (κ3) is 47.1. The number of carbonyl (C=O) groups is 2. The number of unbranched alkanes of at least 4 members (excludes halogenated alkanes) is 33. The lowest BCUT2D eigenvalue weighted by atomic mass is 10.0. The van der Waals surface area contributed by atoms with Crippen LogP contribution in [0.1, 0.15) is 278 Å². The molecular formula is C53H100O5. The van der Waals surface area contributed by atoms with Gasteiger partial charge in [0.05, 0.1) is 6.61 Å². The average molecular weight is 817 g/mol. The summed E-state index contributed by atoms with van der Waals surface area (Å²) in [5, 5.41) is 0. The molecule has 0 amide bonds. The van der Waals surface area contributed by atoms with E-state index >= 15 is 0 Å². The molecule has 0 heterocycles. The largest absolute Gasteiger partial charge is 0.462 e. The van der Waals surface area contributed by atoms with Crippen molar-refractivity contribution in [2.75, 3.05) is 19.8 Å². The molecule has 58 heavy (non-hydrogen) atoms. The van der Waals surface area contributed by atoms with Gasteiger partial charge in [-0.15, -0.1) is 0 Å². The van der Waals surface area contributed by atoms with Gasteiger partial charge >= 0.3 is 11.9 Å². The highest BCUT2D eigenvalue weighted by Gasteiger charge is 2.17. The minimum Gasteiger partial charge on any atom is -0.462 e. The molecule has 5 nitrogen and oxygen atoms in total. The number of hydrogen-bond donors (Lipinski definition) is 0. The monoisotopic (exact) mass is 817 g/mol. The summed E-state index contributed by atoms with van der Waals surface area (Å²) in [6.45, 7) is 7.80. The summed E-state index contributed by atoms with van der Waals surface area (Å²) >= 11 is 0. The van der Waals surface area contributed by atoms with Crippen molar-refractivity contribution in [2.45, 2.75) is 284 Å². The molecule has 0 aliphatic carbocycles. The molecule has 0 aromatic carbocycles. The number of rotatable bonds is 48. The molecule has 5 heteroatoms. The maximum absolute atomic E-state index is 12.8. The van der Waals surface area contributed by atoms with E-state index in [2.05, 4.69) is 45.1 Å². The molecule has 0 saturated heterocycles. The third-order valence-electron chi connectivity index (χ3n) is 11.5. The minimum absolute atomic E-state index is 0.0872. The molecule has 0 fully saturated rings. The van der Waals surface area contributed by atoms with Crippen LogP contribution in [0, 0.1) is 0 Å². The van der Waals surface area contributed by atoms with Crippen LogP contribution in [0.4, 0.5) is 0 Å². The molecule has 0 aromatic heterocycles. The summed E-state index contributed by atoms with van der Waals surface area (Å²) in [5.41, 5.74) is 0. The standard InChI is InChI=1S/C53H100O5/c1-4-7-10-13-16-19-22-25-26-27-28-30-31-34-37-40-43-46-52(54)57-50-51(49-56-48-45-42-39-36-33-24-21-18-15-12-9-6-3)58-53(55)47-44-41-38-35-32-29-23-20-17-14-11-8-5-2/h11,14,20,23,51H,4-10,12-13,15-19,21-22,24-50H2,1-3H3/b14-11-,23-20-. The zero-order valence-electron chi connectivity index (χ0n) is 39.3. The van der Waals surface area contributed by atoms with Gasteiger partial charge in [-0.1, -0.05) is 244 Å². The summed E-state index contributed by atoms with van der Waals surface area (Å²) in [5.74, 6) is -0.395. The van der Waals surface area contributed by atoms with Crippen LogP contribution in [-0.4, -0.2) is 37.9 Å². The predicted molar refractivity (Wildman–Crippen MR) is 252 cm³/mol. The first-order valence-electron chi connectivity index (χ1n) is 25.9. The number of allylic oxidation sites excluding steroid dienone is 4. The molecule has 1 atom stereocenters. The molecule has 0 rings (SSSR count). The second kappa shape index (κ2) is 49.7. The normalized spacial score (nSPS) is 12.3. The van der Waals surface area contributed by atoms with Gasteiger partial charge in [-0.2, -0.15) is 0 Å². The first-order chi connectivity index (χ1) is 28.6. The molecule has 0 N–H and O–H groups in total. The number of ether oxygens (including phenoxy) is 3.